The maximum Gasteiger partial charge on any atom is 0.277 e. The van der Waals surface area contributed by atoms with Crippen molar-refractivity contribution in [3.8, 4) is 17.1 Å². The number of nitrogens with zero attached hydrogens (tertiary/aromatic N) is 7. The Kier molecular flexibility index (Phi) is 6.20. The monoisotopic (exact) mass is 483 g/mol. The molecule has 0 spiro atoms. The Morgan fingerprint density at radius 3 is 2.58 bits per heavy atom. The summed E-state index contributed by atoms with van der Waals surface area (Å²) in [6, 6.07) is 16.2. The molecule has 33 heavy (non-hydrogen) atoms. The van der Waals surface area contributed by atoms with Gasteiger partial charge < -0.3 is 4.42 Å². The van der Waals surface area contributed by atoms with E-state index in [1.807, 2.05) is 30.3 Å². The second-order valence-corrected chi connectivity index (χ2v) is 10.4. The van der Waals surface area contributed by atoms with Gasteiger partial charge in [-0.1, -0.05) is 42.4 Å². The molecule has 12 heteroatoms. The molecule has 0 unspecified atom stereocenters. The minimum absolute atomic E-state index is 0.233. The van der Waals surface area contributed by atoms with E-state index in [4.69, 9.17) is 4.42 Å². The molecule has 1 aliphatic rings. The summed E-state index contributed by atoms with van der Waals surface area (Å²) >= 11 is 1.30. The molecule has 0 N–H and O–H groups in total. The summed E-state index contributed by atoms with van der Waals surface area (Å²) in [6.07, 6.45) is 2.83. The molecule has 1 saturated heterocycles. The lowest BCUT2D eigenvalue weighted by atomic mass is 10.2. The summed E-state index contributed by atoms with van der Waals surface area (Å²) in [4.78, 5) is 0.233. The molecular weight excluding hydrogens is 462 g/mol. The number of benzene rings is 2. The van der Waals surface area contributed by atoms with Crippen molar-refractivity contribution in [1.29, 1.82) is 0 Å². The van der Waals surface area contributed by atoms with Gasteiger partial charge in [0, 0.05) is 18.7 Å². The SMILES string of the molecule is O=S(=O)(c1cccc(-c2nnc(SCc3nnnn3-c3ccccc3)o2)c1)N1CCCCC1. The van der Waals surface area contributed by atoms with Gasteiger partial charge in [0.1, 0.15) is 0 Å². The Hall–Kier alpha value is -3.09. The van der Waals surface area contributed by atoms with E-state index >= 15 is 0 Å². The van der Waals surface area contributed by atoms with Crippen molar-refractivity contribution in [3.63, 3.8) is 0 Å². The van der Waals surface area contributed by atoms with Gasteiger partial charge in [-0.3, -0.25) is 0 Å². The van der Waals surface area contributed by atoms with Gasteiger partial charge in [-0.05, 0) is 53.6 Å². The molecule has 0 bridgehead atoms. The van der Waals surface area contributed by atoms with Crippen molar-refractivity contribution in [2.75, 3.05) is 13.1 Å². The largest absolute Gasteiger partial charge is 0.411 e. The van der Waals surface area contributed by atoms with Crippen LogP contribution in [0.25, 0.3) is 17.1 Å². The fraction of sp³-hybridized carbons (Fsp3) is 0.286. The topological polar surface area (TPSA) is 120 Å². The first kappa shape index (κ1) is 21.7. The van der Waals surface area contributed by atoms with Crippen molar-refractivity contribution < 1.29 is 12.8 Å². The van der Waals surface area contributed by atoms with Crippen LogP contribution in [0.5, 0.6) is 0 Å². The van der Waals surface area contributed by atoms with Crippen LogP contribution >= 0.6 is 11.8 Å². The number of rotatable bonds is 7. The average Bonchev–Trinajstić information content (AvgIpc) is 3.54. The molecule has 1 aliphatic heterocycles. The molecule has 0 aliphatic carbocycles. The van der Waals surface area contributed by atoms with Gasteiger partial charge in [0.2, 0.25) is 15.9 Å². The van der Waals surface area contributed by atoms with Crippen LogP contribution < -0.4 is 0 Å². The number of thioether (sulfide) groups is 1. The van der Waals surface area contributed by atoms with Crippen molar-refractivity contribution in [2.24, 2.45) is 0 Å². The zero-order valence-corrected chi connectivity index (χ0v) is 19.2. The number of tetrazole rings is 1. The van der Waals surface area contributed by atoms with Crippen molar-refractivity contribution in [1.82, 2.24) is 34.7 Å². The summed E-state index contributed by atoms with van der Waals surface area (Å²) < 4.78 is 35.0. The number of hydrogen-bond acceptors (Lipinski definition) is 9. The highest BCUT2D eigenvalue weighted by Gasteiger charge is 2.26. The van der Waals surface area contributed by atoms with Gasteiger partial charge in [0.25, 0.3) is 5.22 Å². The highest BCUT2D eigenvalue weighted by atomic mass is 32.2. The summed E-state index contributed by atoms with van der Waals surface area (Å²) in [7, 11) is -3.54. The molecular formula is C21H21N7O3S2. The molecule has 170 valence electrons. The lowest BCUT2D eigenvalue weighted by Crippen LogP contribution is -2.35. The fourth-order valence-electron chi connectivity index (χ4n) is 3.62. The number of para-hydroxylation sites is 1. The Morgan fingerprint density at radius 1 is 0.939 bits per heavy atom. The predicted molar refractivity (Wildman–Crippen MR) is 121 cm³/mol. The van der Waals surface area contributed by atoms with Gasteiger partial charge in [-0.15, -0.1) is 15.3 Å². The first-order valence-corrected chi connectivity index (χ1v) is 12.9. The van der Waals surface area contributed by atoms with E-state index in [2.05, 4.69) is 25.7 Å². The molecule has 4 aromatic rings. The molecule has 0 saturated carbocycles. The average molecular weight is 484 g/mol. The number of piperidine rings is 1. The van der Waals surface area contributed by atoms with E-state index < -0.39 is 10.0 Å². The zero-order chi connectivity index (χ0) is 22.7. The van der Waals surface area contributed by atoms with Crippen LogP contribution in [-0.4, -0.2) is 56.2 Å². The van der Waals surface area contributed by atoms with Gasteiger partial charge in [0.05, 0.1) is 16.3 Å². The molecule has 0 amide bonds. The highest BCUT2D eigenvalue weighted by Crippen LogP contribution is 2.28. The third-order valence-corrected chi connectivity index (χ3v) is 8.01. The van der Waals surface area contributed by atoms with E-state index in [1.54, 1.807) is 33.3 Å². The Balaban J connectivity index is 1.31. The zero-order valence-electron chi connectivity index (χ0n) is 17.6. The lowest BCUT2D eigenvalue weighted by Gasteiger charge is -2.25. The van der Waals surface area contributed by atoms with E-state index in [0.717, 1.165) is 24.9 Å². The Morgan fingerprint density at radius 2 is 1.76 bits per heavy atom. The maximum atomic E-state index is 13.0. The molecule has 2 aromatic heterocycles. The molecule has 0 atom stereocenters. The standard InChI is InChI=1S/C21H21N7O3S2/c29-33(30,27-12-5-2-6-13-27)18-11-7-8-16(14-18)20-23-24-21(31-20)32-15-19-22-25-26-28(19)17-9-3-1-4-10-17/h1,3-4,7-11,14H,2,5-6,12-13,15H2. The van der Waals surface area contributed by atoms with E-state index in [9.17, 15) is 8.42 Å². The summed E-state index contributed by atoms with van der Waals surface area (Å²) in [5.74, 6) is 1.32. The molecule has 1 fully saturated rings. The second-order valence-electron chi connectivity index (χ2n) is 7.50. The molecule has 5 rings (SSSR count). The predicted octanol–water partition coefficient (Wildman–Crippen LogP) is 3.18. The molecule has 2 aromatic carbocycles. The van der Waals surface area contributed by atoms with Crippen LogP contribution in [0.2, 0.25) is 0 Å². The minimum atomic E-state index is -3.54. The van der Waals surface area contributed by atoms with Gasteiger partial charge in [-0.25, -0.2) is 8.42 Å². The number of aromatic nitrogens is 6. The van der Waals surface area contributed by atoms with Crippen molar-refractivity contribution >= 4 is 21.8 Å². The lowest BCUT2D eigenvalue weighted by molar-refractivity contribution is 0.346. The van der Waals surface area contributed by atoms with Crippen LogP contribution in [0.1, 0.15) is 25.1 Å². The first-order chi connectivity index (χ1) is 16.1. The van der Waals surface area contributed by atoms with Crippen molar-refractivity contribution in [2.45, 2.75) is 35.1 Å². The third-order valence-electron chi connectivity index (χ3n) is 5.30. The third kappa shape index (κ3) is 4.68. The fourth-order valence-corrected chi connectivity index (χ4v) is 5.85. The van der Waals surface area contributed by atoms with E-state index in [-0.39, 0.29) is 10.8 Å². The first-order valence-electron chi connectivity index (χ1n) is 10.5. The van der Waals surface area contributed by atoms with Crippen LogP contribution in [0, 0.1) is 0 Å². The van der Waals surface area contributed by atoms with Gasteiger partial charge >= 0.3 is 0 Å². The smallest absolute Gasteiger partial charge is 0.277 e. The van der Waals surface area contributed by atoms with Crippen LogP contribution in [0.15, 0.2) is 69.1 Å². The van der Waals surface area contributed by atoms with Crippen LogP contribution in [-0.2, 0) is 15.8 Å². The quantitative estimate of drug-likeness (QED) is 0.365. The number of hydrogen-bond donors (Lipinski definition) is 0. The number of sulfonamides is 1. The molecule has 10 nitrogen and oxygen atoms in total. The molecule has 3 heterocycles. The molecule has 0 radical (unpaired) electrons. The summed E-state index contributed by atoms with van der Waals surface area (Å²) in [5, 5.41) is 20.4. The maximum absolute atomic E-state index is 13.0. The van der Waals surface area contributed by atoms with Gasteiger partial charge in [-0.2, -0.15) is 8.99 Å². The normalized spacial score (nSPS) is 15.0. The van der Waals surface area contributed by atoms with Crippen LogP contribution in [0.4, 0.5) is 0 Å². The second kappa shape index (κ2) is 9.41. The van der Waals surface area contributed by atoms with Crippen molar-refractivity contribution in [3.05, 3.63) is 60.4 Å². The Labute approximate surface area is 195 Å². The minimum Gasteiger partial charge on any atom is -0.411 e. The van der Waals surface area contributed by atoms with Crippen LogP contribution in [0.3, 0.4) is 0 Å². The van der Waals surface area contributed by atoms with E-state index in [1.165, 1.54) is 11.8 Å². The summed E-state index contributed by atoms with van der Waals surface area (Å²) in [5.41, 5.74) is 1.41. The highest BCUT2D eigenvalue weighted by molar-refractivity contribution is 7.98. The summed E-state index contributed by atoms with van der Waals surface area (Å²) in [6.45, 7) is 1.10. The Bertz CT molecular complexity index is 1330. The van der Waals surface area contributed by atoms with E-state index in [0.29, 0.717) is 35.5 Å². The van der Waals surface area contributed by atoms with Gasteiger partial charge in [0.15, 0.2) is 5.82 Å².